The number of nitrogens with one attached hydrogen (secondary N) is 1. The van der Waals surface area contributed by atoms with E-state index in [0.29, 0.717) is 11.2 Å². The van der Waals surface area contributed by atoms with Crippen molar-refractivity contribution < 1.29 is 13.3 Å². The molecule has 1 N–H and O–H groups in total. The van der Waals surface area contributed by atoms with Crippen molar-refractivity contribution in [3.63, 3.8) is 0 Å². The Morgan fingerprint density at radius 1 is 1.20 bits per heavy atom. The van der Waals surface area contributed by atoms with Crippen LogP contribution in [0, 0.1) is 10.1 Å². The lowest BCUT2D eigenvalue weighted by atomic mass is 10.1. The molecule has 25 heavy (non-hydrogen) atoms. The average molecular weight is 360 g/mol. The van der Waals surface area contributed by atoms with Crippen molar-refractivity contribution in [3.8, 4) is 0 Å². The third-order valence-electron chi connectivity index (χ3n) is 3.66. The van der Waals surface area contributed by atoms with E-state index in [4.69, 9.17) is 0 Å². The fourth-order valence-electron chi connectivity index (χ4n) is 2.63. The lowest BCUT2D eigenvalue weighted by Crippen LogP contribution is -2.21. The Hall–Kier alpha value is -2.94. The maximum absolute atomic E-state index is 11.8. The van der Waals surface area contributed by atoms with E-state index < -0.39 is 20.8 Å². The monoisotopic (exact) mass is 360 g/mol. The van der Waals surface area contributed by atoms with Gasteiger partial charge >= 0.3 is 5.82 Å². The Kier molecular flexibility index (Phi) is 4.41. The van der Waals surface area contributed by atoms with Crippen LogP contribution in [0.1, 0.15) is 11.6 Å². The lowest BCUT2D eigenvalue weighted by molar-refractivity contribution is -0.389. The van der Waals surface area contributed by atoms with Crippen LogP contribution in [-0.4, -0.2) is 34.7 Å². The molecule has 1 aromatic carbocycles. The lowest BCUT2D eigenvalue weighted by Gasteiger charge is -2.17. The minimum atomic E-state index is -3.32. The van der Waals surface area contributed by atoms with Gasteiger partial charge in [0.25, 0.3) is 0 Å². The van der Waals surface area contributed by atoms with Gasteiger partial charge in [0.05, 0.1) is 18.0 Å². The zero-order chi connectivity index (χ0) is 18.0. The molecule has 0 amide bonds. The highest BCUT2D eigenvalue weighted by Crippen LogP contribution is 2.29. The SMILES string of the molecule is CS(=O)(=O)C[C@@H](Nc1nc2ccccn2c1[N+](=O)[O-])c1ccccc1. The maximum Gasteiger partial charge on any atom is 0.372 e. The number of fused-ring (bicyclic) bond motifs is 1. The Labute approximate surface area is 144 Å². The molecule has 0 spiro atoms. The second-order valence-electron chi connectivity index (χ2n) is 5.67. The number of pyridine rings is 1. The molecule has 130 valence electrons. The van der Waals surface area contributed by atoms with Gasteiger partial charge in [-0.2, -0.15) is 9.38 Å². The molecule has 3 rings (SSSR count). The fourth-order valence-corrected chi connectivity index (χ4v) is 3.51. The topological polar surface area (TPSA) is 107 Å². The van der Waals surface area contributed by atoms with Gasteiger partial charge in [-0.05, 0) is 16.6 Å². The Bertz CT molecular complexity index is 1020. The second kappa shape index (κ2) is 6.52. The summed E-state index contributed by atoms with van der Waals surface area (Å²) in [5, 5.41) is 14.4. The average Bonchev–Trinajstić information content (AvgIpc) is 2.92. The van der Waals surface area contributed by atoms with Crippen molar-refractivity contribution in [1.29, 1.82) is 0 Å². The van der Waals surface area contributed by atoms with Gasteiger partial charge in [-0.1, -0.05) is 36.4 Å². The molecule has 0 saturated carbocycles. The quantitative estimate of drug-likeness (QED) is 0.534. The molecule has 0 fully saturated rings. The zero-order valence-electron chi connectivity index (χ0n) is 13.4. The van der Waals surface area contributed by atoms with Crippen molar-refractivity contribution in [2.45, 2.75) is 6.04 Å². The van der Waals surface area contributed by atoms with Gasteiger partial charge in [0.15, 0.2) is 0 Å². The summed E-state index contributed by atoms with van der Waals surface area (Å²) in [4.78, 5) is 15.2. The molecule has 0 unspecified atom stereocenters. The Balaban J connectivity index is 2.07. The number of nitro groups is 1. The number of rotatable bonds is 6. The summed E-state index contributed by atoms with van der Waals surface area (Å²) in [6.07, 6.45) is 2.67. The van der Waals surface area contributed by atoms with E-state index in [9.17, 15) is 18.5 Å². The van der Waals surface area contributed by atoms with Crippen LogP contribution in [0.15, 0.2) is 54.7 Å². The number of sulfone groups is 1. The first-order chi connectivity index (χ1) is 11.8. The summed E-state index contributed by atoms with van der Waals surface area (Å²) in [5.74, 6) is -0.402. The van der Waals surface area contributed by atoms with Crippen LogP contribution in [0.25, 0.3) is 5.65 Å². The van der Waals surface area contributed by atoms with E-state index in [1.54, 1.807) is 48.7 Å². The third kappa shape index (κ3) is 3.77. The minimum Gasteiger partial charge on any atom is -0.358 e. The highest BCUT2D eigenvalue weighted by atomic mass is 32.2. The molecule has 0 aliphatic heterocycles. The second-order valence-corrected chi connectivity index (χ2v) is 7.85. The predicted molar refractivity (Wildman–Crippen MR) is 94.4 cm³/mol. The van der Waals surface area contributed by atoms with Crippen LogP contribution in [-0.2, 0) is 9.84 Å². The summed E-state index contributed by atoms with van der Waals surface area (Å²) in [6.45, 7) is 0. The zero-order valence-corrected chi connectivity index (χ0v) is 14.2. The van der Waals surface area contributed by atoms with Crippen LogP contribution in [0.5, 0.6) is 0 Å². The van der Waals surface area contributed by atoms with Gasteiger partial charge < -0.3 is 15.4 Å². The number of nitrogens with zero attached hydrogens (tertiary/aromatic N) is 3. The molecule has 2 aromatic heterocycles. The van der Waals surface area contributed by atoms with Gasteiger partial charge in [0.1, 0.15) is 9.84 Å². The molecular formula is C16H16N4O4S. The summed E-state index contributed by atoms with van der Waals surface area (Å²) in [7, 11) is -3.32. The highest BCUT2D eigenvalue weighted by Gasteiger charge is 2.26. The van der Waals surface area contributed by atoms with E-state index >= 15 is 0 Å². The van der Waals surface area contributed by atoms with Crippen LogP contribution >= 0.6 is 0 Å². The number of aromatic nitrogens is 2. The van der Waals surface area contributed by atoms with Crippen molar-refractivity contribution >= 4 is 27.1 Å². The molecule has 0 saturated heterocycles. The summed E-state index contributed by atoms with van der Waals surface area (Å²) < 4.78 is 24.9. The van der Waals surface area contributed by atoms with Crippen LogP contribution in [0.3, 0.4) is 0 Å². The standard InChI is InChI=1S/C16H16N4O4S/c1-25(23,24)11-13(12-7-3-2-4-8-12)17-15-16(20(21)22)19-10-6-5-9-14(19)18-15/h2-10,13,17H,11H2,1H3/t13-/m1/s1. The molecular weight excluding hydrogens is 344 g/mol. The molecule has 8 nitrogen and oxygen atoms in total. The van der Waals surface area contributed by atoms with Gasteiger partial charge in [-0.3, -0.25) is 0 Å². The molecule has 0 radical (unpaired) electrons. The van der Waals surface area contributed by atoms with Crippen molar-refractivity contribution in [2.24, 2.45) is 0 Å². The van der Waals surface area contributed by atoms with E-state index in [0.717, 1.165) is 6.26 Å². The fraction of sp³-hybridized carbons (Fsp3) is 0.188. The Morgan fingerprint density at radius 2 is 1.88 bits per heavy atom. The van der Waals surface area contributed by atoms with E-state index in [1.165, 1.54) is 4.40 Å². The molecule has 9 heteroatoms. The first kappa shape index (κ1) is 16.9. The molecule has 0 aliphatic rings. The largest absolute Gasteiger partial charge is 0.372 e. The minimum absolute atomic E-state index is 0.0358. The molecule has 3 aromatic rings. The van der Waals surface area contributed by atoms with Crippen LogP contribution < -0.4 is 5.32 Å². The molecule has 1 atom stereocenters. The van der Waals surface area contributed by atoms with Gasteiger partial charge in [0, 0.05) is 12.3 Å². The number of hydrogen-bond acceptors (Lipinski definition) is 6. The van der Waals surface area contributed by atoms with Gasteiger partial charge in [-0.15, -0.1) is 0 Å². The van der Waals surface area contributed by atoms with Crippen molar-refractivity contribution in [1.82, 2.24) is 9.38 Å². The number of benzene rings is 1. The van der Waals surface area contributed by atoms with E-state index in [1.807, 2.05) is 6.07 Å². The van der Waals surface area contributed by atoms with Gasteiger partial charge in [0.2, 0.25) is 11.5 Å². The van der Waals surface area contributed by atoms with Gasteiger partial charge in [-0.25, -0.2) is 8.42 Å². The smallest absolute Gasteiger partial charge is 0.358 e. The molecule has 0 aliphatic carbocycles. The molecule has 2 heterocycles. The summed E-state index contributed by atoms with van der Waals surface area (Å²) in [6, 6.07) is 13.3. The first-order valence-electron chi connectivity index (χ1n) is 7.46. The van der Waals surface area contributed by atoms with Crippen LogP contribution in [0.4, 0.5) is 11.6 Å². The summed E-state index contributed by atoms with van der Waals surface area (Å²) in [5.41, 5.74) is 1.11. The maximum atomic E-state index is 11.8. The number of hydrogen-bond donors (Lipinski definition) is 1. The molecule has 0 bridgehead atoms. The predicted octanol–water partition coefficient (Wildman–Crippen LogP) is 2.44. The Morgan fingerprint density at radius 3 is 2.52 bits per heavy atom. The highest BCUT2D eigenvalue weighted by molar-refractivity contribution is 7.90. The number of anilines is 1. The van der Waals surface area contributed by atoms with Crippen molar-refractivity contribution in [3.05, 3.63) is 70.4 Å². The van der Waals surface area contributed by atoms with E-state index in [2.05, 4.69) is 10.3 Å². The van der Waals surface area contributed by atoms with E-state index in [-0.39, 0.29) is 17.4 Å². The normalized spacial score (nSPS) is 12.8. The number of imidazole rings is 1. The summed E-state index contributed by atoms with van der Waals surface area (Å²) >= 11 is 0. The first-order valence-corrected chi connectivity index (χ1v) is 9.52. The third-order valence-corrected chi connectivity index (χ3v) is 4.60. The van der Waals surface area contributed by atoms with Crippen LogP contribution in [0.2, 0.25) is 0 Å². The van der Waals surface area contributed by atoms with Crippen molar-refractivity contribution in [2.75, 3.05) is 17.3 Å².